The molecular weight excluding hydrogens is 256 g/mol. The number of aryl methyl sites for hydroxylation is 1. The molecule has 1 aromatic heterocycles. The number of nitrogens with zero attached hydrogens (tertiary/aromatic N) is 3. The van der Waals surface area contributed by atoms with Crippen LogP contribution in [-0.4, -0.2) is 21.1 Å². The van der Waals surface area contributed by atoms with Crippen molar-refractivity contribution < 1.29 is 0 Å². The topological polar surface area (TPSA) is 46.0 Å². The Morgan fingerprint density at radius 2 is 1.89 bits per heavy atom. The summed E-state index contributed by atoms with van der Waals surface area (Å²) in [4.78, 5) is 0. The summed E-state index contributed by atoms with van der Waals surface area (Å²) in [6.07, 6.45) is 1.78. The van der Waals surface area contributed by atoms with Crippen molar-refractivity contribution in [3.8, 4) is 0 Å². The Morgan fingerprint density at radius 1 is 1.26 bits per heavy atom. The van der Waals surface area contributed by atoms with Crippen molar-refractivity contribution in [3.05, 3.63) is 46.0 Å². The molecule has 0 amide bonds. The maximum absolute atomic E-state index is 5.09. The SMILES string of the molecule is Cc1n[nH]c(=S)n1N=Cc1ccc(C(C)(C)C)cc1. The number of nitrogens with one attached hydrogen (secondary N) is 1. The molecule has 5 heteroatoms. The van der Waals surface area contributed by atoms with Gasteiger partial charge in [-0.2, -0.15) is 14.9 Å². The highest BCUT2D eigenvalue weighted by molar-refractivity contribution is 7.71. The minimum atomic E-state index is 0.166. The summed E-state index contributed by atoms with van der Waals surface area (Å²) < 4.78 is 2.10. The van der Waals surface area contributed by atoms with Crippen LogP contribution < -0.4 is 0 Å². The average molecular weight is 274 g/mol. The highest BCUT2D eigenvalue weighted by Gasteiger charge is 2.12. The van der Waals surface area contributed by atoms with Crippen molar-refractivity contribution in [2.75, 3.05) is 0 Å². The van der Waals surface area contributed by atoms with Crippen LogP contribution in [0.25, 0.3) is 0 Å². The van der Waals surface area contributed by atoms with Gasteiger partial charge in [-0.15, -0.1) is 0 Å². The molecule has 0 aliphatic carbocycles. The fourth-order valence-corrected chi connectivity index (χ4v) is 1.92. The Balaban J connectivity index is 2.23. The van der Waals surface area contributed by atoms with E-state index in [9.17, 15) is 0 Å². The number of aromatic nitrogens is 3. The summed E-state index contributed by atoms with van der Waals surface area (Å²) in [7, 11) is 0. The molecule has 19 heavy (non-hydrogen) atoms. The van der Waals surface area contributed by atoms with E-state index in [1.165, 1.54) is 5.56 Å². The standard InChI is InChI=1S/C14H18N4S/c1-10-16-17-13(19)18(10)15-9-11-5-7-12(8-6-11)14(2,3)4/h5-9H,1-4H3,(H,17,19). The van der Waals surface area contributed by atoms with Crippen molar-refractivity contribution in [2.45, 2.75) is 33.1 Å². The molecule has 2 rings (SSSR count). The number of aromatic amines is 1. The summed E-state index contributed by atoms with van der Waals surface area (Å²) in [5.41, 5.74) is 2.51. The molecule has 1 heterocycles. The van der Waals surface area contributed by atoms with E-state index in [-0.39, 0.29) is 5.41 Å². The Bertz CT molecular complexity index is 641. The van der Waals surface area contributed by atoms with Gasteiger partial charge in [-0.1, -0.05) is 45.0 Å². The van der Waals surface area contributed by atoms with Crippen molar-refractivity contribution in [1.29, 1.82) is 0 Å². The van der Waals surface area contributed by atoms with Gasteiger partial charge in [0.25, 0.3) is 0 Å². The lowest BCUT2D eigenvalue weighted by Gasteiger charge is -2.18. The summed E-state index contributed by atoms with van der Waals surface area (Å²) in [5.74, 6) is 0.743. The van der Waals surface area contributed by atoms with Crippen molar-refractivity contribution in [3.63, 3.8) is 0 Å². The van der Waals surface area contributed by atoms with Gasteiger partial charge in [-0.3, -0.25) is 5.10 Å². The Kier molecular flexibility index (Phi) is 3.66. The lowest BCUT2D eigenvalue weighted by Crippen LogP contribution is -2.10. The van der Waals surface area contributed by atoms with Crippen LogP contribution in [0.5, 0.6) is 0 Å². The van der Waals surface area contributed by atoms with E-state index in [1.54, 1.807) is 10.9 Å². The minimum Gasteiger partial charge on any atom is -0.250 e. The van der Waals surface area contributed by atoms with E-state index in [4.69, 9.17) is 12.2 Å². The van der Waals surface area contributed by atoms with E-state index in [0.717, 1.165) is 11.4 Å². The van der Waals surface area contributed by atoms with Crippen molar-refractivity contribution in [1.82, 2.24) is 14.9 Å². The van der Waals surface area contributed by atoms with E-state index in [2.05, 4.69) is 60.3 Å². The summed E-state index contributed by atoms with van der Waals surface area (Å²) in [6.45, 7) is 8.45. The van der Waals surface area contributed by atoms with E-state index >= 15 is 0 Å². The van der Waals surface area contributed by atoms with Gasteiger partial charge >= 0.3 is 0 Å². The second-order valence-corrected chi connectivity index (χ2v) is 5.89. The summed E-state index contributed by atoms with van der Waals surface area (Å²) in [6, 6.07) is 8.37. The molecule has 0 unspecified atom stereocenters. The molecule has 0 saturated carbocycles. The molecule has 100 valence electrons. The zero-order valence-corrected chi connectivity index (χ0v) is 12.5. The third-order valence-electron chi connectivity index (χ3n) is 2.91. The summed E-state index contributed by atoms with van der Waals surface area (Å²) >= 11 is 5.09. The number of hydrogen-bond acceptors (Lipinski definition) is 3. The first-order valence-corrected chi connectivity index (χ1v) is 6.58. The predicted molar refractivity (Wildman–Crippen MR) is 80.3 cm³/mol. The van der Waals surface area contributed by atoms with Gasteiger partial charge in [0.2, 0.25) is 4.77 Å². The molecule has 0 radical (unpaired) electrons. The molecule has 0 fully saturated rings. The van der Waals surface area contributed by atoms with Gasteiger partial charge in [-0.05, 0) is 35.7 Å². The first-order valence-electron chi connectivity index (χ1n) is 6.17. The molecular formula is C14H18N4S. The zero-order valence-electron chi connectivity index (χ0n) is 11.6. The Labute approximate surface area is 118 Å². The van der Waals surface area contributed by atoms with Crippen LogP contribution in [0.1, 0.15) is 37.7 Å². The number of benzene rings is 1. The molecule has 0 atom stereocenters. The van der Waals surface area contributed by atoms with Crippen molar-refractivity contribution in [2.24, 2.45) is 5.10 Å². The quantitative estimate of drug-likeness (QED) is 0.673. The van der Waals surface area contributed by atoms with Crippen LogP contribution in [0.15, 0.2) is 29.4 Å². The van der Waals surface area contributed by atoms with Crippen LogP contribution in [0.2, 0.25) is 0 Å². The largest absolute Gasteiger partial charge is 0.250 e. The Hall–Kier alpha value is -1.75. The van der Waals surface area contributed by atoms with Crippen LogP contribution in [0.4, 0.5) is 0 Å². The first-order chi connectivity index (χ1) is 8.88. The third-order valence-corrected chi connectivity index (χ3v) is 3.18. The fraction of sp³-hybridized carbons (Fsp3) is 0.357. The van der Waals surface area contributed by atoms with Gasteiger partial charge in [0.1, 0.15) is 5.82 Å². The molecule has 0 aliphatic rings. The monoisotopic (exact) mass is 274 g/mol. The average Bonchev–Trinajstić information content (AvgIpc) is 2.66. The highest BCUT2D eigenvalue weighted by atomic mass is 32.1. The number of hydrogen-bond donors (Lipinski definition) is 1. The van der Waals surface area contributed by atoms with Crippen LogP contribution in [-0.2, 0) is 5.41 Å². The van der Waals surface area contributed by atoms with Crippen molar-refractivity contribution >= 4 is 18.4 Å². The second kappa shape index (κ2) is 5.09. The predicted octanol–water partition coefficient (Wildman–Crippen LogP) is 3.43. The fourth-order valence-electron chi connectivity index (χ4n) is 1.70. The molecule has 2 aromatic rings. The first kappa shape index (κ1) is 13.7. The van der Waals surface area contributed by atoms with E-state index in [0.29, 0.717) is 4.77 Å². The number of H-pyrrole nitrogens is 1. The lowest BCUT2D eigenvalue weighted by atomic mass is 9.87. The Morgan fingerprint density at radius 3 is 2.37 bits per heavy atom. The highest BCUT2D eigenvalue weighted by Crippen LogP contribution is 2.21. The molecule has 0 spiro atoms. The van der Waals surface area contributed by atoms with Gasteiger partial charge in [0.05, 0.1) is 6.21 Å². The molecule has 4 nitrogen and oxygen atoms in total. The van der Waals surface area contributed by atoms with Crippen LogP contribution >= 0.6 is 12.2 Å². The zero-order chi connectivity index (χ0) is 14.0. The lowest BCUT2D eigenvalue weighted by molar-refractivity contribution is 0.590. The van der Waals surface area contributed by atoms with Gasteiger partial charge in [-0.25, -0.2) is 0 Å². The van der Waals surface area contributed by atoms with E-state index < -0.39 is 0 Å². The molecule has 0 saturated heterocycles. The van der Waals surface area contributed by atoms with Crippen LogP contribution in [0.3, 0.4) is 0 Å². The molecule has 0 aliphatic heterocycles. The minimum absolute atomic E-state index is 0.166. The van der Waals surface area contributed by atoms with Gasteiger partial charge in [0, 0.05) is 0 Å². The molecule has 1 aromatic carbocycles. The van der Waals surface area contributed by atoms with Gasteiger partial charge in [0.15, 0.2) is 0 Å². The molecule has 1 N–H and O–H groups in total. The normalized spacial score (nSPS) is 12.2. The molecule has 0 bridgehead atoms. The maximum Gasteiger partial charge on any atom is 0.216 e. The number of rotatable bonds is 2. The van der Waals surface area contributed by atoms with E-state index in [1.807, 2.05) is 6.92 Å². The second-order valence-electron chi connectivity index (χ2n) is 5.50. The summed E-state index contributed by atoms with van der Waals surface area (Å²) in [5, 5.41) is 11.0. The third kappa shape index (κ3) is 3.17. The smallest absolute Gasteiger partial charge is 0.216 e. The van der Waals surface area contributed by atoms with Gasteiger partial charge < -0.3 is 0 Å². The van der Waals surface area contributed by atoms with Crippen LogP contribution in [0, 0.1) is 11.7 Å². The maximum atomic E-state index is 5.09.